The number of hydrogen-bond acceptors (Lipinski definition) is 2. The van der Waals surface area contributed by atoms with Crippen molar-refractivity contribution in [2.45, 2.75) is 26.2 Å². The van der Waals surface area contributed by atoms with Gasteiger partial charge < -0.3 is 10.7 Å². The van der Waals surface area contributed by atoms with Crippen LogP contribution in [0.25, 0.3) is 21.5 Å². The lowest BCUT2D eigenvalue weighted by Crippen LogP contribution is -1.99. The molecule has 0 bridgehead atoms. The second kappa shape index (κ2) is 6.00. The highest BCUT2D eigenvalue weighted by molar-refractivity contribution is 7.13. The molecular formula is C17H19FN2S. The zero-order chi connectivity index (χ0) is 14.8. The number of halogens is 1. The van der Waals surface area contributed by atoms with Crippen molar-refractivity contribution in [1.82, 2.24) is 4.98 Å². The molecule has 1 aromatic carbocycles. The molecule has 3 aromatic rings. The summed E-state index contributed by atoms with van der Waals surface area (Å²) in [6.07, 6.45) is 2.94. The Hall–Kier alpha value is -1.65. The van der Waals surface area contributed by atoms with Crippen LogP contribution in [0.1, 0.15) is 24.0 Å². The van der Waals surface area contributed by atoms with Crippen LogP contribution in [0, 0.1) is 12.7 Å². The molecule has 3 N–H and O–H groups in total. The molecule has 0 amide bonds. The molecule has 0 fully saturated rings. The van der Waals surface area contributed by atoms with E-state index in [4.69, 9.17) is 5.73 Å². The van der Waals surface area contributed by atoms with Gasteiger partial charge in [0.25, 0.3) is 0 Å². The van der Waals surface area contributed by atoms with Crippen molar-refractivity contribution in [2.24, 2.45) is 5.73 Å². The minimum Gasteiger partial charge on any atom is -0.354 e. The van der Waals surface area contributed by atoms with Crippen molar-refractivity contribution in [3.05, 3.63) is 46.6 Å². The number of H-pyrrole nitrogens is 1. The van der Waals surface area contributed by atoms with Gasteiger partial charge in [0, 0.05) is 10.9 Å². The number of benzene rings is 1. The predicted molar refractivity (Wildman–Crippen MR) is 88.3 cm³/mol. The number of fused-ring (bicyclic) bond motifs is 1. The summed E-state index contributed by atoms with van der Waals surface area (Å²) in [5.74, 6) is -0.185. The van der Waals surface area contributed by atoms with Gasteiger partial charge in [-0.05, 0) is 73.5 Å². The number of rotatable bonds is 5. The molecule has 0 radical (unpaired) electrons. The maximum Gasteiger partial charge on any atom is 0.123 e. The smallest absolute Gasteiger partial charge is 0.123 e. The standard InChI is InChI=1S/C17H19FN2S/c1-11-8-16(21-10-11)17-13(4-2-3-7-19)14-9-12(18)5-6-15(14)20-17/h5-6,8-10,20H,2-4,7,19H2,1H3. The van der Waals surface area contributed by atoms with Crippen LogP contribution in [0.4, 0.5) is 4.39 Å². The molecule has 0 saturated heterocycles. The lowest BCUT2D eigenvalue weighted by atomic mass is 10.0. The van der Waals surface area contributed by atoms with Crippen molar-refractivity contribution in [2.75, 3.05) is 6.54 Å². The molecule has 0 unspecified atom stereocenters. The first-order valence-electron chi connectivity index (χ1n) is 7.24. The summed E-state index contributed by atoms with van der Waals surface area (Å²) in [5.41, 5.74) is 10.2. The zero-order valence-electron chi connectivity index (χ0n) is 12.1. The highest BCUT2D eigenvalue weighted by atomic mass is 32.1. The molecule has 4 heteroatoms. The van der Waals surface area contributed by atoms with Crippen molar-refractivity contribution < 1.29 is 4.39 Å². The number of nitrogens with one attached hydrogen (secondary N) is 1. The fourth-order valence-electron chi connectivity index (χ4n) is 2.70. The van der Waals surface area contributed by atoms with Crippen LogP contribution in [0.15, 0.2) is 29.6 Å². The van der Waals surface area contributed by atoms with E-state index in [-0.39, 0.29) is 5.82 Å². The summed E-state index contributed by atoms with van der Waals surface area (Å²) < 4.78 is 13.6. The van der Waals surface area contributed by atoms with Gasteiger partial charge in [0.05, 0.1) is 10.6 Å². The van der Waals surface area contributed by atoms with Gasteiger partial charge in [-0.3, -0.25) is 0 Å². The molecule has 21 heavy (non-hydrogen) atoms. The molecule has 2 aromatic heterocycles. The van der Waals surface area contributed by atoms with Gasteiger partial charge in [0.2, 0.25) is 0 Å². The molecule has 0 aliphatic rings. The normalized spacial score (nSPS) is 11.4. The van der Waals surface area contributed by atoms with E-state index in [1.807, 2.05) is 6.07 Å². The predicted octanol–water partition coefficient (Wildman–Crippen LogP) is 4.63. The van der Waals surface area contributed by atoms with Gasteiger partial charge in [-0.25, -0.2) is 4.39 Å². The van der Waals surface area contributed by atoms with E-state index in [9.17, 15) is 4.39 Å². The molecule has 110 valence electrons. The number of aromatic nitrogens is 1. The van der Waals surface area contributed by atoms with E-state index in [0.717, 1.165) is 35.9 Å². The Balaban J connectivity index is 2.10. The van der Waals surface area contributed by atoms with Gasteiger partial charge in [0.15, 0.2) is 0 Å². The monoisotopic (exact) mass is 302 g/mol. The Labute approximate surface area is 127 Å². The summed E-state index contributed by atoms with van der Waals surface area (Å²) in [6.45, 7) is 2.79. The summed E-state index contributed by atoms with van der Waals surface area (Å²) in [5, 5.41) is 3.14. The lowest BCUT2D eigenvalue weighted by Gasteiger charge is -2.03. The van der Waals surface area contributed by atoms with Crippen LogP contribution < -0.4 is 5.73 Å². The van der Waals surface area contributed by atoms with Gasteiger partial charge in [-0.1, -0.05) is 0 Å². The first-order chi connectivity index (χ1) is 10.2. The molecule has 0 saturated carbocycles. The van der Waals surface area contributed by atoms with Crippen LogP contribution in [-0.2, 0) is 6.42 Å². The minimum atomic E-state index is -0.185. The molecule has 0 atom stereocenters. The van der Waals surface area contributed by atoms with Gasteiger partial charge in [-0.2, -0.15) is 0 Å². The average molecular weight is 302 g/mol. The first kappa shape index (κ1) is 14.3. The summed E-state index contributed by atoms with van der Waals surface area (Å²) in [4.78, 5) is 4.68. The van der Waals surface area contributed by atoms with Crippen molar-refractivity contribution in [3.63, 3.8) is 0 Å². The van der Waals surface area contributed by atoms with Crippen molar-refractivity contribution in [3.8, 4) is 10.6 Å². The van der Waals surface area contributed by atoms with Crippen LogP contribution in [0.3, 0.4) is 0 Å². The van der Waals surface area contributed by atoms with Crippen molar-refractivity contribution >= 4 is 22.2 Å². The topological polar surface area (TPSA) is 41.8 Å². The highest BCUT2D eigenvalue weighted by Crippen LogP contribution is 2.35. The number of thiophene rings is 1. The van der Waals surface area contributed by atoms with Crippen LogP contribution >= 0.6 is 11.3 Å². The number of nitrogens with two attached hydrogens (primary N) is 1. The third-order valence-electron chi connectivity index (χ3n) is 3.73. The molecule has 0 spiro atoms. The molecule has 0 aliphatic carbocycles. The molecular weight excluding hydrogens is 283 g/mol. The molecule has 3 rings (SSSR count). The Morgan fingerprint density at radius 1 is 1.24 bits per heavy atom. The Morgan fingerprint density at radius 3 is 2.81 bits per heavy atom. The lowest BCUT2D eigenvalue weighted by molar-refractivity contribution is 0.629. The van der Waals surface area contributed by atoms with Crippen LogP contribution in [0.2, 0.25) is 0 Å². The highest BCUT2D eigenvalue weighted by Gasteiger charge is 2.14. The van der Waals surface area contributed by atoms with Gasteiger partial charge in [0.1, 0.15) is 5.82 Å². The maximum absolute atomic E-state index is 13.6. The largest absolute Gasteiger partial charge is 0.354 e. The van der Waals surface area contributed by atoms with E-state index < -0.39 is 0 Å². The fourth-order valence-corrected chi connectivity index (χ4v) is 3.63. The van der Waals surface area contributed by atoms with Crippen molar-refractivity contribution in [1.29, 1.82) is 0 Å². The van der Waals surface area contributed by atoms with E-state index in [1.165, 1.54) is 22.1 Å². The van der Waals surface area contributed by atoms with E-state index in [0.29, 0.717) is 6.54 Å². The van der Waals surface area contributed by atoms with Crippen LogP contribution in [-0.4, -0.2) is 11.5 Å². The van der Waals surface area contributed by atoms with Gasteiger partial charge >= 0.3 is 0 Å². The van der Waals surface area contributed by atoms with Crippen LogP contribution in [0.5, 0.6) is 0 Å². The quantitative estimate of drug-likeness (QED) is 0.663. The molecule has 0 aliphatic heterocycles. The third-order valence-corrected chi connectivity index (χ3v) is 4.79. The second-order valence-electron chi connectivity index (χ2n) is 5.40. The Bertz CT molecular complexity index is 757. The van der Waals surface area contributed by atoms with E-state index in [1.54, 1.807) is 17.4 Å². The second-order valence-corrected chi connectivity index (χ2v) is 6.31. The average Bonchev–Trinajstić information content (AvgIpc) is 3.03. The molecule has 2 heterocycles. The van der Waals surface area contributed by atoms with E-state index >= 15 is 0 Å². The zero-order valence-corrected chi connectivity index (χ0v) is 12.9. The third kappa shape index (κ3) is 2.87. The SMILES string of the molecule is Cc1csc(-c2[nH]c3ccc(F)cc3c2CCCCN)c1. The Kier molecular flexibility index (Phi) is 4.08. The number of aromatic amines is 1. The summed E-state index contributed by atoms with van der Waals surface area (Å²) in [6, 6.07) is 7.14. The minimum absolute atomic E-state index is 0.185. The number of hydrogen-bond donors (Lipinski definition) is 2. The van der Waals surface area contributed by atoms with Gasteiger partial charge in [-0.15, -0.1) is 11.3 Å². The maximum atomic E-state index is 13.6. The summed E-state index contributed by atoms with van der Waals surface area (Å²) >= 11 is 1.73. The number of unbranched alkanes of at least 4 members (excludes halogenated alkanes) is 1. The number of aryl methyl sites for hydroxylation is 2. The Morgan fingerprint density at radius 2 is 2.10 bits per heavy atom. The summed E-state index contributed by atoms with van der Waals surface area (Å²) in [7, 11) is 0. The van der Waals surface area contributed by atoms with E-state index in [2.05, 4.69) is 23.4 Å². The fraction of sp³-hybridized carbons (Fsp3) is 0.294. The first-order valence-corrected chi connectivity index (χ1v) is 8.12. The molecule has 2 nitrogen and oxygen atoms in total.